The number of rotatable bonds is 3. The molecule has 0 bridgehead atoms. The van der Waals surface area contributed by atoms with Gasteiger partial charge in [-0.3, -0.25) is 0 Å². The van der Waals surface area contributed by atoms with Crippen molar-refractivity contribution in [1.29, 1.82) is 0 Å². The second-order valence-corrected chi connectivity index (χ2v) is 4.76. The Hall–Kier alpha value is -2.63. The zero-order chi connectivity index (χ0) is 15.0. The van der Waals surface area contributed by atoms with Crippen molar-refractivity contribution < 1.29 is 9.53 Å². The van der Waals surface area contributed by atoms with Crippen LogP contribution in [0.4, 0.5) is 0 Å². The quantitative estimate of drug-likeness (QED) is 0.750. The maximum atomic E-state index is 11.8. The van der Waals surface area contributed by atoms with Crippen LogP contribution in [0.5, 0.6) is 0 Å². The molecule has 2 heterocycles. The number of carbonyl (C=O) groups is 1. The topological polar surface area (TPSA) is 72.8 Å². The number of carbonyl (C=O) groups excluding carboxylic acids is 1. The largest absolute Gasteiger partial charge is 0.461 e. The van der Waals surface area contributed by atoms with Crippen molar-refractivity contribution in [1.82, 2.24) is 19.5 Å². The molecule has 0 aliphatic heterocycles. The number of ether oxygens (including phenoxy) is 1. The van der Waals surface area contributed by atoms with Gasteiger partial charge in [0.25, 0.3) is 0 Å². The first-order chi connectivity index (χ1) is 10.1. The smallest absolute Gasteiger partial charge is 0.358 e. The van der Waals surface area contributed by atoms with E-state index in [2.05, 4.69) is 15.0 Å². The third-order valence-electron chi connectivity index (χ3n) is 3.35. The molecular weight excluding hydrogens is 268 g/mol. The van der Waals surface area contributed by atoms with Gasteiger partial charge in [0.1, 0.15) is 0 Å². The molecule has 6 heteroatoms. The Morgan fingerprint density at radius 2 is 2.10 bits per heavy atom. The number of fused-ring (bicyclic) bond motifs is 1. The predicted molar refractivity (Wildman–Crippen MR) is 79.0 cm³/mol. The molecule has 0 aliphatic carbocycles. The fourth-order valence-electron chi connectivity index (χ4n) is 2.32. The summed E-state index contributed by atoms with van der Waals surface area (Å²) in [6, 6.07) is 7.84. The van der Waals surface area contributed by atoms with Gasteiger partial charge in [0.15, 0.2) is 17.3 Å². The van der Waals surface area contributed by atoms with Crippen molar-refractivity contribution in [3.8, 4) is 11.6 Å². The summed E-state index contributed by atoms with van der Waals surface area (Å²) >= 11 is 0. The Kier molecular flexibility index (Phi) is 3.21. The minimum atomic E-state index is -0.420. The van der Waals surface area contributed by atoms with E-state index in [9.17, 15) is 4.79 Å². The van der Waals surface area contributed by atoms with E-state index in [4.69, 9.17) is 4.74 Å². The Bertz CT molecular complexity index is 816. The minimum Gasteiger partial charge on any atom is -0.461 e. The first-order valence-electron chi connectivity index (χ1n) is 6.77. The van der Waals surface area contributed by atoms with Crippen LogP contribution in [0.15, 0.2) is 24.3 Å². The number of H-pyrrole nitrogens is 1. The van der Waals surface area contributed by atoms with Crippen LogP contribution in [-0.2, 0) is 11.8 Å². The molecule has 108 valence electrons. The summed E-state index contributed by atoms with van der Waals surface area (Å²) in [5.74, 6) is 0.834. The van der Waals surface area contributed by atoms with Crippen LogP contribution in [0, 0.1) is 6.92 Å². The molecule has 0 radical (unpaired) electrons. The van der Waals surface area contributed by atoms with Crippen molar-refractivity contribution >= 4 is 17.0 Å². The van der Waals surface area contributed by atoms with Gasteiger partial charge in [-0.2, -0.15) is 0 Å². The summed E-state index contributed by atoms with van der Waals surface area (Å²) in [4.78, 5) is 23.8. The highest BCUT2D eigenvalue weighted by molar-refractivity contribution is 5.89. The van der Waals surface area contributed by atoms with Gasteiger partial charge in [0, 0.05) is 12.7 Å². The van der Waals surface area contributed by atoms with Crippen LogP contribution in [0.3, 0.4) is 0 Å². The Balaban J connectivity index is 2.09. The standard InChI is InChI=1S/C15H16N4O2/c1-4-21-15(20)12-9(2)16-13(18-12)14-17-10-7-5-6-8-11(10)19(14)3/h5-8H,4H2,1-3H3,(H,16,18). The van der Waals surface area contributed by atoms with Crippen LogP contribution < -0.4 is 0 Å². The molecule has 0 unspecified atom stereocenters. The maximum absolute atomic E-state index is 11.8. The Labute approximate surface area is 121 Å². The molecule has 0 amide bonds. The van der Waals surface area contributed by atoms with Crippen LogP contribution in [0.1, 0.15) is 23.1 Å². The molecule has 0 saturated heterocycles. The number of aromatic nitrogens is 4. The van der Waals surface area contributed by atoms with Crippen molar-refractivity contribution in [3.05, 3.63) is 35.7 Å². The molecule has 6 nitrogen and oxygen atoms in total. The minimum absolute atomic E-state index is 0.305. The molecule has 1 N–H and O–H groups in total. The number of nitrogens with one attached hydrogen (secondary N) is 1. The lowest BCUT2D eigenvalue weighted by Gasteiger charge is -1.98. The van der Waals surface area contributed by atoms with Gasteiger partial charge < -0.3 is 14.3 Å². The molecule has 1 aromatic carbocycles. The van der Waals surface area contributed by atoms with Gasteiger partial charge >= 0.3 is 5.97 Å². The third-order valence-corrected chi connectivity index (χ3v) is 3.35. The van der Waals surface area contributed by atoms with E-state index >= 15 is 0 Å². The van der Waals surface area contributed by atoms with Crippen LogP contribution in [-0.4, -0.2) is 32.1 Å². The number of hydrogen-bond acceptors (Lipinski definition) is 4. The molecule has 0 spiro atoms. The molecule has 0 atom stereocenters. The van der Waals surface area contributed by atoms with E-state index in [1.54, 1.807) is 13.8 Å². The van der Waals surface area contributed by atoms with Crippen LogP contribution in [0.2, 0.25) is 0 Å². The highest BCUT2D eigenvalue weighted by Crippen LogP contribution is 2.22. The van der Waals surface area contributed by atoms with Gasteiger partial charge in [-0.05, 0) is 26.0 Å². The molecular formula is C15H16N4O2. The van der Waals surface area contributed by atoms with Crippen molar-refractivity contribution in [2.45, 2.75) is 13.8 Å². The van der Waals surface area contributed by atoms with Gasteiger partial charge in [-0.15, -0.1) is 0 Å². The lowest BCUT2D eigenvalue weighted by molar-refractivity contribution is 0.0519. The summed E-state index contributed by atoms with van der Waals surface area (Å²) in [6.07, 6.45) is 0. The first-order valence-corrected chi connectivity index (χ1v) is 6.77. The number of hydrogen-bond donors (Lipinski definition) is 1. The van der Waals surface area contributed by atoms with Gasteiger partial charge in [-0.1, -0.05) is 12.1 Å². The molecule has 21 heavy (non-hydrogen) atoms. The molecule has 0 aliphatic rings. The Morgan fingerprint density at radius 3 is 2.81 bits per heavy atom. The average molecular weight is 284 g/mol. The monoisotopic (exact) mass is 284 g/mol. The zero-order valence-electron chi connectivity index (χ0n) is 12.2. The number of nitrogens with zero attached hydrogens (tertiary/aromatic N) is 3. The normalized spacial score (nSPS) is 11.0. The van der Waals surface area contributed by atoms with Gasteiger partial charge in [0.2, 0.25) is 0 Å². The molecule has 3 rings (SSSR count). The van der Waals surface area contributed by atoms with Crippen molar-refractivity contribution in [3.63, 3.8) is 0 Å². The number of imidazole rings is 2. The third kappa shape index (κ3) is 2.18. The number of aromatic amines is 1. The second kappa shape index (κ2) is 5.05. The van der Waals surface area contributed by atoms with E-state index < -0.39 is 5.97 Å². The lowest BCUT2D eigenvalue weighted by Crippen LogP contribution is -2.06. The summed E-state index contributed by atoms with van der Waals surface area (Å²) < 4.78 is 6.95. The number of aryl methyl sites for hydroxylation is 2. The van der Waals surface area contributed by atoms with Gasteiger partial charge in [-0.25, -0.2) is 14.8 Å². The summed E-state index contributed by atoms with van der Waals surface area (Å²) in [6.45, 7) is 3.89. The molecule has 0 fully saturated rings. The molecule has 2 aromatic heterocycles. The SMILES string of the molecule is CCOC(=O)c1nc(-c2nc3ccccc3n2C)[nH]c1C. The fraction of sp³-hybridized carbons (Fsp3) is 0.267. The number of benzene rings is 1. The second-order valence-electron chi connectivity index (χ2n) is 4.76. The summed E-state index contributed by atoms with van der Waals surface area (Å²) in [5.41, 5.74) is 2.88. The lowest BCUT2D eigenvalue weighted by atomic mass is 10.3. The number of para-hydroxylation sites is 2. The Morgan fingerprint density at radius 1 is 1.33 bits per heavy atom. The van der Waals surface area contributed by atoms with Crippen molar-refractivity contribution in [2.24, 2.45) is 7.05 Å². The van der Waals surface area contributed by atoms with E-state index in [0.29, 0.717) is 29.6 Å². The predicted octanol–water partition coefficient (Wildman–Crippen LogP) is 2.45. The van der Waals surface area contributed by atoms with E-state index in [-0.39, 0.29) is 0 Å². The average Bonchev–Trinajstić information content (AvgIpc) is 3.01. The summed E-state index contributed by atoms with van der Waals surface area (Å²) in [7, 11) is 1.92. The first kappa shape index (κ1) is 13.4. The van der Waals surface area contributed by atoms with E-state index in [0.717, 1.165) is 11.0 Å². The highest BCUT2D eigenvalue weighted by Gasteiger charge is 2.19. The van der Waals surface area contributed by atoms with E-state index in [1.165, 1.54) is 0 Å². The van der Waals surface area contributed by atoms with Crippen LogP contribution >= 0.6 is 0 Å². The fourth-order valence-corrected chi connectivity index (χ4v) is 2.32. The van der Waals surface area contributed by atoms with Crippen LogP contribution in [0.25, 0.3) is 22.7 Å². The highest BCUT2D eigenvalue weighted by atomic mass is 16.5. The molecule has 0 saturated carbocycles. The van der Waals surface area contributed by atoms with Crippen molar-refractivity contribution in [2.75, 3.05) is 6.61 Å². The number of esters is 1. The zero-order valence-corrected chi connectivity index (χ0v) is 12.2. The van der Waals surface area contributed by atoms with E-state index in [1.807, 2.05) is 35.9 Å². The summed E-state index contributed by atoms with van der Waals surface area (Å²) in [5, 5.41) is 0. The molecule has 3 aromatic rings. The van der Waals surface area contributed by atoms with Gasteiger partial charge in [0.05, 0.1) is 17.6 Å². The maximum Gasteiger partial charge on any atom is 0.358 e.